The molecule has 7 heteroatoms. The van der Waals surface area contributed by atoms with Crippen molar-refractivity contribution < 1.29 is 14.3 Å². The average Bonchev–Trinajstić information content (AvgIpc) is 3.30. The fourth-order valence-electron chi connectivity index (χ4n) is 3.60. The summed E-state index contributed by atoms with van der Waals surface area (Å²) in [5.74, 6) is -0.783. The highest BCUT2D eigenvalue weighted by atomic mass is 16.5. The number of anilines is 1. The quantitative estimate of drug-likeness (QED) is 0.498. The number of hydrogen-bond acceptors (Lipinski definition) is 4. The van der Waals surface area contributed by atoms with Crippen molar-refractivity contribution in [2.45, 2.75) is 20.8 Å². The third-order valence-corrected chi connectivity index (χ3v) is 5.17. The SMILES string of the molecule is COC(=O)c1c(C)[nH]c(C(=O)Nc2ccc(-c3cn4cccc(C)c4n3)cc2)c1C. The molecular weight excluding hydrogens is 380 g/mol. The lowest BCUT2D eigenvalue weighted by Crippen LogP contribution is -2.14. The van der Waals surface area contributed by atoms with E-state index >= 15 is 0 Å². The molecule has 0 atom stereocenters. The average molecular weight is 402 g/mol. The van der Waals surface area contributed by atoms with E-state index in [0.717, 1.165) is 22.5 Å². The van der Waals surface area contributed by atoms with Gasteiger partial charge < -0.3 is 19.4 Å². The number of nitrogens with zero attached hydrogens (tertiary/aromatic N) is 2. The van der Waals surface area contributed by atoms with E-state index in [4.69, 9.17) is 9.72 Å². The maximum Gasteiger partial charge on any atom is 0.339 e. The Bertz CT molecular complexity index is 1270. The highest BCUT2D eigenvalue weighted by Crippen LogP contribution is 2.24. The van der Waals surface area contributed by atoms with Crippen molar-refractivity contribution in [2.24, 2.45) is 0 Å². The van der Waals surface area contributed by atoms with Crippen molar-refractivity contribution in [2.75, 3.05) is 12.4 Å². The number of hydrogen-bond donors (Lipinski definition) is 2. The van der Waals surface area contributed by atoms with Gasteiger partial charge in [0.2, 0.25) is 0 Å². The second-order valence-electron chi connectivity index (χ2n) is 7.20. The van der Waals surface area contributed by atoms with E-state index in [-0.39, 0.29) is 5.91 Å². The molecule has 0 bridgehead atoms. The lowest BCUT2D eigenvalue weighted by molar-refractivity contribution is 0.0599. The van der Waals surface area contributed by atoms with Crippen LogP contribution in [0, 0.1) is 20.8 Å². The first-order valence-electron chi connectivity index (χ1n) is 9.52. The number of aromatic amines is 1. The van der Waals surface area contributed by atoms with Gasteiger partial charge in [0, 0.05) is 29.3 Å². The topological polar surface area (TPSA) is 88.5 Å². The van der Waals surface area contributed by atoms with Gasteiger partial charge in [-0.2, -0.15) is 0 Å². The van der Waals surface area contributed by atoms with Crippen LogP contribution in [0.15, 0.2) is 48.8 Å². The number of methoxy groups -OCH3 is 1. The molecule has 0 radical (unpaired) electrons. The van der Waals surface area contributed by atoms with Gasteiger partial charge >= 0.3 is 5.97 Å². The number of rotatable bonds is 4. The molecule has 0 unspecified atom stereocenters. The van der Waals surface area contributed by atoms with Gasteiger partial charge in [0.15, 0.2) is 0 Å². The molecule has 1 aromatic carbocycles. The third-order valence-electron chi connectivity index (χ3n) is 5.17. The number of carbonyl (C=O) groups is 2. The fourth-order valence-corrected chi connectivity index (χ4v) is 3.60. The molecule has 0 saturated carbocycles. The minimum atomic E-state index is -0.465. The van der Waals surface area contributed by atoms with Gasteiger partial charge in [-0.25, -0.2) is 9.78 Å². The summed E-state index contributed by atoms with van der Waals surface area (Å²) in [4.78, 5) is 32.3. The Kier molecular flexibility index (Phi) is 4.87. The van der Waals surface area contributed by atoms with Crippen molar-refractivity contribution in [3.63, 3.8) is 0 Å². The Morgan fingerprint density at radius 1 is 1.10 bits per heavy atom. The summed E-state index contributed by atoms with van der Waals surface area (Å²) in [5.41, 5.74) is 6.38. The Labute approximate surface area is 173 Å². The van der Waals surface area contributed by atoms with Gasteiger partial charge in [0.1, 0.15) is 11.3 Å². The predicted octanol–water partition coefficient (Wildman–Crippen LogP) is 4.29. The zero-order valence-electron chi connectivity index (χ0n) is 17.2. The molecule has 2 N–H and O–H groups in total. The fraction of sp³-hybridized carbons (Fsp3) is 0.174. The number of nitrogens with one attached hydrogen (secondary N) is 2. The van der Waals surface area contributed by atoms with Crippen molar-refractivity contribution in [1.29, 1.82) is 0 Å². The zero-order chi connectivity index (χ0) is 21.4. The van der Waals surface area contributed by atoms with Crippen molar-refractivity contribution in [3.8, 4) is 11.3 Å². The van der Waals surface area contributed by atoms with E-state index in [1.165, 1.54) is 7.11 Å². The summed E-state index contributed by atoms with van der Waals surface area (Å²) in [7, 11) is 1.32. The van der Waals surface area contributed by atoms with Crippen molar-refractivity contribution >= 4 is 23.2 Å². The first-order valence-corrected chi connectivity index (χ1v) is 9.52. The molecule has 4 rings (SSSR count). The van der Waals surface area contributed by atoms with Crippen LogP contribution in [0.25, 0.3) is 16.9 Å². The number of ether oxygens (including phenoxy) is 1. The van der Waals surface area contributed by atoms with Crippen LogP contribution in [0.5, 0.6) is 0 Å². The van der Waals surface area contributed by atoms with Crippen LogP contribution in [-0.2, 0) is 4.74 Å². The lowest BCUT2D eigenvalue weighted by Gasteiger charge is -2.06. The first kappa shape index (κ1) is 19.4. The van der Waals surface area contributed by atoms with Crippen LogP contribution in [0.4, 0.5) is 5.69 Å². The predicted molar refractivity (Wildman–Crippen MR) is 115 cm³/mol. The van der Waals surface area contributed by atoms with Crippen molar-refractivity contribution in [1.82, 2.24) is 14.4 Å². The van der Waals surface area contributed by atoms with E-state index in [1.807, 2.05) is 60.1 Å². The molecule has 152 valence electrons. The molecule has 1 amide bonds. The molecule has 0 aliphatic heterocycles. The Morgan fingerprint density at radius 2 is 1.83 bits per heavy atom. The zero-order valence-corrected chi connectivity index (χ0v) is 17.2. The smallest absolute Gasteiger partial charge is 0.339 e. The summed E-state index contributed by atoms with van der Waals surface area (Å²) in [5, 5.41) is 2.86. The number of imidazole rings is 1. The third kappa shape index (κ3) is 3.34. The highest BCUT2D eigenvalue weighted by molar-refractivity contribution is 6.06. The van der Waals surface area contributed by atoms with E-state index < -0.39 is 5.97 Å². The van der Waals surface area contributed by atoms with Crippen LogP contribution < -0.4 is 5.32 Å². The van der Waals surface area contributed by atoms with Crippen LogP contribution in [0.1, 0.15) is 37.7 Å². The molecule has 3 aromatic heterocycles. The molecule has 0 spiro atoms. The highest BCUT2D eigenvalue weighted by Gasteiger charge is 2.22. The summed E-state index contributed by atoms with van der Waals surface area (Å²) in [6.07, 6.45) is 3.95. The standard InChI is InChI=1S/C23H22N4O3/c1-13-6-5-11-27-12-18(26-21(13)27)16-7-9-17(10-8-16)25-22(28)20-14(2)19(15(3)24-20)23(29)30-4/h5-12,24H,1-4H3,(H,25,28). The summed E-state index contributed by atoms with van der Waals surface area (Å²) in [6.45, 7) is 5.49. The number of amides is 1. The summed E-state index contributed by atoms with van der Waals surface area (Å²) < 4.78 is 6.79. The molecule has 0 aliphatic rings. The van der Waals surface area contributed by atoms with E-state index in [2.05, 4.69) is 10.3 Å². The van der Waals surface area contributed by atoms with Crippen LogP contribution in [-0.4, -0.2) is 33.4 Å². The maximum absolute atomic E-state index is 12.7. The van der Waals surface area contributed by atoms with Gasteiger partial charge in [-0.3, -0.25) is 4.79 Å². The number of H-pyrrole nitrogens is 1. The molecular formula is C23H22N4O3. The van der Waals surface area contributed by atoms with Crippen molar-refractivity contribution in [3.05, 3.63) is 76.9 Å². The molecule has 0 aliphatic carbocycles. The van der Waals surface area contributed by atoms with Gasteiger partial charge in [-0.1, -0.05) is 18.2 Å². The monoisotopic (exact) mass is 402 g/mol. The molecule has 30 heavy (non-hydrogen) atoms. The number of carbonyl (C=O) groups excluding carboxylic acids is 2. The number of esters is 1. The summed E-state index contributed by atoms with van der Waals surface area (Å²) in [6, 6.07) is 11.5. The van der Waals surface area contributed by atoms with Gasteiger partial charge in [-0.05, 0) is 50.1 Å². The second kappa shape index (κ2) is 7.51. The summed E-state index contributed by atoms with van der Waals surface area (Å²) >= 11 is 0. The number of aromatic nitrogens is 3. The van der Waals surface area contributed by atoms with Crippen LogP contribution in [0.2, 0.25) is 0 Å². The largest absolute Gasteiger partial charge is 0.465 e. The Morgan fingerprint density at radius 3 is 2.50 bits per heavy atom. The molecule has 0 fully saturated rings. The number of benzene rings is 1. The second-order valence-corrected chi connectivity index (χ2v) is 7.20. The van der Waals surface area contributed by atoms with Crippen LogP contribution in [0.3, 0.4) is 0 Å². The Balaban J connectivity index is 1.56. The first-order chi connectivity index (χ1) is 14.4. The van der Waals surface area contributed by atoms with Gasteiger partial charge in [-0.15, -0.1) is 0 Å². The van der Waals surface area contributed by atoms with Gasteiger partial charge in [0.25, 0.3) is 5.91 Å². The minimum absolute atomic E-state index is 0.318. The van der Waals surface area contributed by atoms with E-state index in [0.29, 0.717) is 28.2 Å². The molecule has 0 saturated heterocycles. The lowest BCUT2D eigenvalue weighted by atomic mass is 10.1. The number of aryl methyl sites for hydroxylation is 2. The molecule has 3 heterocycles. The molecule has 4 aromatic rings. The number of pyridine rings is 1. The minimum Gasteiger partial charge on any atom is -0.465 e. The normalized spacial score (nSPS) is 10.9. The maximum atomic E-state index is 12.7. The van der Waals surface area contributed by atoms with Crippen LogP contribution >= 0.6 is 0 Å². The van der Waals surface area contributed by atoms with E-state index in [1.54, 1.807) is 13.8 Å². The molecule has 7 nitrogen and oxygen atoms in total. The van der Waals surface area contributed by atoms with Gasteiger partial charge in [0.05, 0.1) is 18.4 Å². The van der Waals surface area contributed by atoms with E-state index in [9.17, 15) is 9.59 Å². The number of fused-ring (bicyclic) bond motifs is 1. The Hall–Kier alpha value is -3.87.